The fourth-order valence-corrected chi connectivity index (χ4v) is 13.4. The lowest BCUT2D eigenvalue weighted by Gasteiger charge is -2.35. The molecule has 0 amide bonds. The number of allylic oxidation sites excluding steroid dienone is 8. The van der Waals surface area contributed by atoms with E-state index in [1.165, 1.54) is 89.3 Å². The third-order valence-electron chi connectivity index (χ3n) is 17.7. The van der Waals surface area contributed by atoms with Crippen LogP contribution in [-0.4, -0.2) is 0 Å². The summed E-state index contributed by atoms with van der Waals surface area (Å²) in [4.78, 5) is 9.94. The molecule has 0 saturated heterocycles. The van der Waals surface area contributed by atoms with Crippen molar-refractivity contribution in [3.05, 3.63) is 322 Å². The lowest BCUT2D eigenvalue weighted by Crippen LogP contribution is -2.28. The molecule has 4 heteroatoms. The Kier molecular flexibility index (Phi) is 13.1. The van der Waals surface area contributed by atoms with E-state index in [1.54, 1.807) is 0 Å². The van der Waals surface area contributed by atoms with Crippen LogP contribution in [0.5, 0.6) is 0 Å². The van der Waals surface area contributed by atoms with Crippen molar-refractivity contribution in [2.45, 2.75) is 72.6 Å². The summed E-state index contributed by atoms with van der Waals surface area (Å²) in [5.74, 6) is 0. The highest BCUT2D eigenvalue weighted by Crippen LogP contribution is 2.65. The summed E-state index contributed by atoms with van der Waals surface area (Å²) in [6.45, 7) is 13.2. The van der Waals surface area contributed by atoms with Gasteiger partial charge in [-0.15, -0.1) is 0 Å². The van der Waals surface area contributed by atoms with Crippen LogP contribution in [0.1, 0.15) is 84.0 Å². The number of hydrogen-bond donors (Lipinski definition) is 0. The van der Waals surface area contributed by atoms with E-state index in [2.05, 4.69) is 316 Å². The second-order valence-corrected chi connectivity index (χ2v) is 23.4. The number of nitrogens with zero attached hydrogens (tertiary/aromatic N) is 4. The molecule has 1 spiro atoms. The lowest BCUT2D eigenvalue weighted by atomic mass is 9.70. The Labute approximate surface area is 490 Å². The molecule has 1 unspecified atom stereocenters. The monoisotopic (exact) mass is 1070 g/mol. The number of fused-ring (bicyclic) bond motifs is 10. The SMILES string of the molecule is CC1=CC=C(N(c2ccccc2)c2ccc3c(c2)C2(c4cc(N(C5=CC=C(C)CC5)c5ccc(C)cc5)ccc4-c4ccc(N(c5ccc(C)cc5)c5ccc(C)cc5)cc42)c2cc(N(c4ccccc4)c4ccc(C)cc4)ccc2-3)CC1. The van der Waals surface area contributed by atoms with Gasteiger partial charge in [0.1, 0.15) is 0 Å². The van der Waals surface area contributed by atoms with Crippen molar-refractivity contribution in [2.24, 2.45) is 0 Å². The summed E-state index contributed by atoms with van der Waals surface area (Å²) in [7, 11) is 0. The third kappa shape index (κ3) is 9.10. The zero-order valence-corrected chi connectivity index (χ0v) is 48.4. The Morgan fingerprint density at radius 2 is 0.494 bits per heavy atom. The Balaban J connectivity index is 1.10. The summed E-state index contributed by atoms with van der Waals surface area (Å²) in [6.07, 6.45) is 13.3. The summed E-state index contributed by atoms with van der Waals surface area (Å²) < 4.78 is 0. The van der Waals surface area contributed by atoms with Crippen molar-refractivity contribution in [1.82, 2.24) is 0 Å². The minimum absolute atomic E-state index is 0.800. The molecule has 4 aliphatic rings. The molecule has 0 N–H and O–H groups in total. The first-order chi connectivity index (χ1) is 40.6. The molecule has 0 fully saturated rings. The van der Waals surface area contributed by atoms with Crippen LogP contribution in [-0.2, 0) is 5.41 Å². The zero-order chi connectivity index (χ0) is 56.3. The predicted molar refractivity (Wildman–Crippen MR) is 350 cm³/mol. The highest BCUT2D eigenvalue weighted by Gasteiger charge is 2.53. The van der Waals surface area contributed by atoms with Crippen LogP contribution in [0, 0.1) is 27.7 Å². The molecule has 0 bridgehead atoms. The van der Waals surface area contributed by atoms with E-state index in [-0.39, 0.29) is 0 Å². The largest absolute Gasteiger partial charge is 0.314 e. The minimum atomic E-state index is -0.800. The van der Waals surface area contributed by atoms with E-state index in [9.17, 15) is 0 Å². The highest BCUT2D eigenvalue weighted by molar-refractivity contribution is 5.99. The van der Waals surface area contributed by atoms with Crippen LogP contribution in [0.25, 0.3) is 22.3 Å². The molecule has 404 valence electrons. The van der Waals surface area contributed by atoms with Gasteiger partial charge in [-0.2, -0.15) is 0 Å². The van der Waals surface area contributed by atoms with Gasteiger partial charge < -0.3 is 19.6 Å². The van der Waals surface area contributed by atoms with Gasteiger partial charge in [-0.3, -0.25) is 0 Å². The van der Waals surface area contributed by atoms with Gasteiger partial charge in [0, 0.05) is 68.3 Å². The van der Waals surface area contributed by atoms with Crippen LogP contribution in [0.3, 0.4) is 0 Å². The standard InChI is InChI=1S/C79H68N4/c1-53-17-29-61(30-18-53)80(59-13-9-7-10-14-59)67-41-45-71-72-46-42-68(81(60-15-11-8-12-16-60)62-31-19-54(2)20-32-62)50-76(72)79(75(71)49-67)77-51-69(82(63-33-21-55(3)22-34-63)64-35-23-56(4)24-36-64)43-47-73(77)74-48-44-70(52-78(74)79)83(65-37-25-57(5)26-38-65)66-39-27-58(6)28-40-66/h7-19,21-27,29-31,33-39,41-52H,20,28,32,40H2,1-6H3. The topological polar surface area (TPSA) is 13.0 Å². The van der Waals surface area contributed by atoms with Crippen molar-refractivity contribution in [2.75, 3.05) is 19.6 Å². The second-order valence-electron chi connectivity index (χ2n) is 23.4. The molecular weight excluding hydrogens is 1000 g/mol. The maximum Gasteiger partial charge on any atom is 0.0728 e. The van der Waals surface area contributed by atoms with E-state index < -0.39 is 5.41 Å². The molecule has 0 heterocycles. The normalized spacial score (nSPS) is 15.5. The lowest BCUT2D eigenvalue weighted by molar-refractivity contribution is 0.791. The van der Waals surface area contributed by atoms with Gasteiger partial charge in [-0.1, -0.05) is 155 Å². The van der Waals surface area contributed by atoms with E-state index in [1.807, 2.05) is 0 Å². The second kappa shape index (κ2) is 21.0. The molecule has 4 aliphatic carbocycles. The Bertz CT molecular complexity index is 4200. The van der Waals surface area contributed by atoms with Gasteiger partial charge in [-0.25, -0.2) is 0 Å². The molecule has 1 atom stereocenters. The quantitative estimate of drug-likeness (QED) is 0.121. The number of benzene rings is 10. The van der Waals surface area contributed by atoms with Gasteiger partial charge in [0.25, 0.3) is 0 Å². The highest BCUT2D eigenvalue weighted by atomic mass is 15.2. The van der Waals surface area contributed by atoms with Crippen molar-refractivity contribution < 1.29 is 0 Å². The molecule has 10 aromatic carbocycles. The van der Waals surface area contributed by atoms with Crippen molar-refractivity contribution in [3.63, 3.8) is 0 Å². The Hall–Kier alpha value is -9.64. The summed E-state index contributed by atoms with van der Waals surface area (Å²) >= 11 is 0. The number of aryl methyl sites for hydroxylation is 4. The Morgan fingerprint density at radius 1 is 0.241 bits per heavy atom. The third-order valence-corrected chi connectivity index (χ3v) is 17.7. The van der Waals surface area contributed by atoms with Crippen molar-refractivity contribution >= 4 is 56.9 Å². The molecule has 14 rings (SSSR count). The first-order valence-electron chi connectivity index (χ1n) is 29.5. The summed E-state index contributed by atoms with van der Waals surface area (Å²) in [5.41, 5.74) is 30.8. The van der Waals surface area contributed by atoms with Crippen LogP contribution in [0.4, 0.5) is 56.9 Å². The molecule has 0 aliphatic heterocycles. The van der Waals surface area contributed by atoms with Crippen LogP contribution in [0.15, 0.2) is 277 Å². The van der Waals surface area contributed by atoms with Crippen LogP contribution in [0.2, 0.25) is 0 Å². The fraction of sp³-hybridized carbons (Fsp3) is 0.139. The van der Waals surface area contributed by atoms with Crippen LogP contribution < -0.4 is 19.6 Å². The minimum Gasteiger partial charge on any atom is -0.314 e. The van der Waals surface area contributed by atoms with Gasteiger partial charge in [-0.05, 0) is 245 Å². The van der Waals surface area contributed by atoms with Crippen molar-refractivity contribution in [1.29, 1.82) is 0 Å². The smallest absolute Gasteiger partial charge is 0.0728 e. The summed E-state index contributed by atoms with van der Waals surface area (Å²) in [5, 5.41) is 0. The molecular formula is C79H68N4. The first kappa shape index (κ1) is 51.5. The van der Waals surface area contributed by atoms with Gasteiger partial charge in [0.05, 0.1) is 5.41 Å². The summed E-state index contributed by atoms with van der Waals surface area (Å²) in [6, 6.07) is 87.4. The Morgan fingerprint density at radius 3 is 0.783 bits per heavy atom. The van der Waals surface area contributed by atoms with E-state index >= 15 is 0 Å². The number of hydrogen-bond acceptors (Lipinski definition) is 4. The van der Waals surface area contributed by atoms with E-state index in [0.717, 1.165) is 82.6 Å². The number of para-hydroxylation sites is 2. The van der Waals surface area contributed by atoms with Crippen molar-refractivity contribution in [3.8, 4) is 22.3 Å². The maximum atomic E-state index is 2.57. The first-order valence-corrected chi connectivity index (χ1v) is 29.5. The molecule has 0 radical (unpaired) electrons. The van der Waals surface area contributed by atoms with Gasteiger partial charge in [0.2, 0.25) is 0 Å². The number of anilines is 10. The maximum absolute atomic E-state index is 2.57. The van der Waals surface area contributed by atoms with Gasteiger partial charge in [0.15, 0.2) is 0 Å². The zero-order valence-electron chi connectivity index (χ0n) is 48.4. The fourth-order valence-electron chi connectivity index (χ4n) is 13.4. The average Bonchev–Trinajstić information content (AvgIpc) is 2.96. The molecule has 10 aromatic rings. The van der Waals surface area contributed by atoms with E-state index in [0.29, 0.717) is 0 Å². The molecule has 4 nitrogen and oxygen atoms in total. The molecule has 83 heavy (non-hydrogen) atoms. The van der Waals surface area contributed by atoms with E-state index in [4.69, 9.17) is 0 Å². The van der Waals surface area contributed by atoms with Crippen LogP contribution >= 0.6 is 0 Å². The predicted octanol–water partition coefficient (Wildman–Crippen LogP) is 21.7. The molecule has 0 saturated carbocycles. The average molecular weight is 1070 g/mol. The molecule has 0 aromatic heterocycles. The number of rotatable bonds is 12. The van der Waals surface area contributed by atoms with Gasteiger partial charge >= 0.3 is 0 Å².